The standard InChI is InChI=1S/C22H25N7O2/c1-16-7-9-18(10-8-16)24-21-19(29(30)31)20(23)25-22(26-21)28-13-11-27(12-14-28)15-17-5-3-2-4-6-17/h2-10H,11-15H2,1H3,(H3,23,24,25,26)/p+1. The summed E-state index contributed by atoms with van der Waals surface area (Å²) in [6, 6.07) is 18.0. The van der Waals surface area contributed by atoms with Gasteiger partial charge in [-0.2, -0.15) is 9.97 Å². The van der Waals surface area contributed by atoms with Gasteiger partial charge in [0.15, 0.2) is 0 Å². The largest absolute Gasteiger partial charge is 0.378 e. The van der Waals surface area contributed by atoms with E-state index in [0.717, 1.165) is 38.3 Å². The minimum Gasteiger partial charge on any atom is -0.378 e. The molecule has 0 atom stereocenters. The average Bonchev–Trinajstić information content (AvgIpc) is 2.76. The summed E-state index contributed by atoms with van der Waals surface area (Å²) in [4.78, 5) is 23.3. The molecule has 1 fully saturated rings. The van der Waals surface area contributed by atoms with Crippen LogP contribution in [0.1, 0.15) is 11.1 Å². The van der Waals surface area contributed by atoms with E-state index in [9.17, 15) is 10.1 Å². The van der Waals surface area contributed by atoms with Crippen molar-refractivity contribution in [3.63, 3.8) is 0 Å². The molecule has 0 saturated carbocycles. The van der Waals surface area contributed by atoms with Gasteiger partial charge in [-0.25, -0.2) is 0 Å². The number of piperazine rings is 1. The number of aryl methyl sites for hydroxylation is 1. The summed E-state index contributed by atoms with van der Waals surface area (Å²) in [6.07, 6.45) is 0. The Labute approximate surface area is 180 Å². The van der Waals surface area contributed by atoms with Crippen LogP contribution in [0.2, 0.25) is 0 Å². The van der Waals surface area contributed by atoms with Crippen LogP contribution in [-0.2, 0) is 6.54 Å². The summed E-state index contributed by atoms with van der Waals surface area (Å²) < 4.78 is 0. The lowest BCUT2D eigenvalue weighted by atomic mass is 10.2. The van der Waals surface area contributed by atoms with Crippen molar-refractivity contribution in [2.75, 3.05) is 42.1 Å². The van der Waals surface area contributed by atoms with Crippen LogP contribution in [0.15, 0.2) is 54.6 Å². The van der Waals surface area contributed by atoms with Gasteiger partial charge < -0.3 is 20.9 Å². The predicted molar refractivity (Wildman–Crippen MR) is 121 cm³/mol. The van der Waals surface area contributed by atoms with E-state index in [0.29, 0.717) is 11.6 Å². The van der Waals surface area contributed by atoms with Gasteiger partial charge in [0.25, 0.3) is 0 Å². The number of aromatic nitrogens is 2. The van der Waals surface area contributed by atoms with Crippen LogP contribution in [0.4, 0.5) is 29.0 Å². The third kappa shape index (κ3) is 4.89. The van der Waals surface area contributed by atoms with Crippen molar-refractivity contribution in [1.29, 1.82) is 0 Å². The van der Waals surface area contributed by atoms with Crippen LogP contribution < -0.4 is 20.9 Å². The number of nitrogens with two attached hydrogens (primary N) is 1. The molecule has 0 amide bonds. The maximum atomic E-state index is 11.6. The second-order valence-electron chi connectivity index (χ2n) is 7.75. The Morgan fingerprint density at radius 1 is 1.10 bits per heavy atom. The van der Waals surface area contributed by atoms with Crippen molar-refractivity contribution >= 4 is 29.0 Å². The summed E-state index contributed by atoms with van der Waals surface area (Å²) in [5.74, 6) is 0.385. The molecule has 2 aromatic carbocycles. The van der Waals surface area contributed by atoms with Gasteiger partial charge in [-0.15, -0.1) is 0 Å². The van der Waals surface area contributed by atoms with Crippen LogP contribution in [0.3, 0.4) is 0 Å². The van der Waals surface area contributed by atoms with Crippen molar-refractivity contribution in [2.45, 2.75) is 13.5 Å². The van der Waals surface area contributed by atoms with Crippen molar-refractivity contribution in [3.05, 3.63) is 75.8 Å². The summed E-state index contributed by atoms with van der Waals surface area (Å²) in [5, 5.41) is 14.6. The molecule has 4 rings (SSSR count). The second-order valence-corrected chi connectivity index (χ2v) is 7.75. The first kappa shape index (κ1) is 20.5. The van der Waals surface area contributed by atoms with Crippen molar-refractivity contribution in [2.24, 2.45) is 0 Å². The fourth-order valence-corrected chi connectivity index (χ4v) is 3.73. The molecule has 1 saturated heterocycles. The van der Waals surface area contributed by atoms with Crippen LogP contribution in [0.5, 0.6) is 0 Å². The SMILES string of the molecule is Cc1ccc(Nc2nc(N3CC[NH+](Cc4ccccc4)CC3)nc(N)c2[N+](=O)[O-])cc1. The highest BCUT2D eigenvalue weighted by Crippen LogP contribution is 2.32. The van der Waals surface area contributed by atoms with Crippen molar-refractivity contribution in [3.8, 4) is 0 Å². The molecule has 3 aromatic rings. The highest BCUT2D eigenvalue weighted by atomic mass is 16.6. The summed E-state index contributed by atoms with van der Waals surface area (Å²) in [6.45, 7) is 6.31. The van der Waals surface area contributed by atoms with E-state index in [1.807, 2.05) is 42.2 Å². The summed E-state index contributed by atoms with van der Waals surface area (Å²) in [5.41, 5.74) is 8.78. The molecule has 0 radical (unpaired) electrons. The molecule has 1 aromatic heterocycles. The molecule has 1 aliphatic rings. The van der Waals surface area contributed by atoms with Crippen LogP contribution in [-0.4, -0.2) is 41.1 Å². The third-order valence-electron chi connectivity index (χ3n) is 5.45. The van der Waals surface area contributed by atoms with Gasteiger partial charge in [0.1, 0.15) is 6.54 Å². The minimum absolute atomic E-state index is 0.107. The molecule has 0 aliphatic carbocycles. The zero-order valence-corrected chi connectivity index (χ0v) is 17.4. The Hall–Kier alpha value is -3.72. The van der Waals surface area contributed by atoms with Gasteiger partial charge in [0, 0.05) is 11.3 Å². The number of nitro groups is 1. The maximum Gasteiger partial charge on any atom is 0.353 e. The molecule has 0 unspecified atom stereocenters. The first-order chi connectivity index (χ1) is 15.0. The van der Waals surface area contributed by atoms with E-state index >= 15 is 0 Å². The van der Waals surface area contributed by atoms with E-state index in [4.69, 9.17) is 5.73 Å². The second kappa shape index (κ2) is 8.97. The van der Waals surface area contributed by atoms with E-state index in [1.165, 1.54) is 10.5 Å². The number of nitrogens with one attached hydrogen (secondary N) is 2. The fourth-order valence-electron chi connectivity index (χ4n) is 3.73. The Morgan fingerprint density at radius 3 is 2.42 bits per heavy atom. The normalized spacial score (nSPS) is 14.4. The molecular weight excluding hydrogens is 394 g/mol. The van der Waals surface area contributed by atoms with Crippen molar-refractivity contribution in [1.82, 2.24) is 9.97 Å². The first-order valence-electron chi connectivity index (χ1n) is 10.3. The zero-order valence-electron chi connectivity index (χ0n) is 17.4. The average molecular weight is 420 g/mol. The molecule has 9 heteroatoms. The van der Waals surface area contributed by atoms with Gasteiger partial charge in [-0.05, 0) is 19.1 Å². The molecular formula is C22H26N7O2+. The Morgan fingerprint density at radius 2 is 1.77 bits per heavy atom. The van der Waals surface area contributed by atoms with Gasteiger partial charge in [0.2, 0.25) is 17.6 Å². The highest BCUT2D eigenvalue weighted by molar-refractivity contribution is 5.74. The number of nitrogens with zero attached hydrogens (tertiary/aromatic N) is 4. The number of nitrogen functional groups attached to an aromatic ring is 1. The quantitative estimate of drug-likeness (QED) is 0.412. The summed E-state index contributed by atoms with van der Waals surface area (Å²) in [7, 11) is 0. The monoisotopic (exact) mass is 420 g/mol. The van der Waals surface area contributed by atoms with Crippen molar-refractivity contribution < 1.29 is 9.82 Å². The van der Waals surface area contributed by atoms with E-state index < -0.39 is 4.92 Å². The highest BCUT2D eigenvalue weighted by Gasteiger charge is 2.28. The number of quaternary nitrogens is 1. The Kier molecular flexibility index (Phi) is 5.94. The molecule has 1 aliphatic heterocycles. The number of benzene rings is 2. The maximum absolute atomic E-state index is 11.6. The minimum atomic E-state index is -0.544. The molecule has 4 N–H and O–H groups in total. The number of rotatable bonds is 6. The topological polar surface area (TPSA) is 115 Å². The van der Waals surface area contributed by atoms with Gasteiger partial charge >= 0.3 is 5.69 Å². The molecule has 2 heterocycles. The lowest BCUT2D eigenvalue weighted by molar-refractivity contribution is -0.914. The molecule has 160 valence electrons. The van der Waals surface area contributed by atoms with Crippen LogP contribution in [0.25, 0.3) is 0 Å². The molecule has 9 nitrogen and oxygen atoms in total. The molecule has 0 bridgehead atoms. The van der Waals surface area contributed by atoms with Gasteiger partial charge in [-0.1, -0.05) is 48.0 Å². The lowest BCUT2D eigenvalue weighted by Crippen LogP contribution is -3.13. The van der Waals surface area contributed by atoms with E-state index in [-0.39, 0.29) is 17.3 Å². The lowest BCUT2D eigenvalue weighted by Gasteiger charge is -2.32. The summed E-state index contributed by atoms with van der Waals surface area (Å²) >= 11 is 0. The third-order valence-corrected chi connectivity index (χ3v) is 5.45. The molecule has 0 spiro atoms. The van der Waals surface area contributed by atoms with Gasteiger partial charge in [-0.3, -0.25) is 10.1 Å². The zero-order chi connectivity index (χ0) is 21.8. The van der Waals surface area contributed by atoms with Crippen LogP contribution >= 0.6 is 0 Å². The number of anilines is 4. The number of hydrogen-bond donors (Lipinski definition) is 3. The molecule has 31 heavy (non-hydrogen) atoms. The first-order valence-corrected chi connectivity index (χ1v) is 10.3. The van der Waals surface area contributed by atoms with Crippen LogP contribution in [0, 0.1) is 17.0 Å². The Balaban J connectivity index is 1.51. The fraction of sp³-hybridized carbons (Fsp3) is 0.273. The smallest absolute Gasteiger partial charge is 0.353 e. The van der Waals surface area contributed by atoms with Gasteiger partial charge in [0.05, 0.1) is 31.1 Å². The Bertz CT molecular complexity index is 1050. The number of hydrogen-bond acceptors (Lipinski definition) is 7. The van der Waals surface area contributed by atoms with E-state index in [2.05, 4.69) is 39.6 Å². The predicted octanol–water partition coefficient (Wildman–Crippen LogP) is 1.92. The van der Waals surface area contributed by atoms with E-state index in [1.54, 1.807) is 0 Å².